The summed E-state index contributed by atoms with van der Waals surface area (Å²) in [6.07, 6.45) is 7.93. The van der Waals surface area contributed by atoms with Crippen molar-refractivity contribution in [3.63, 3.8) is 0 Å². The molecule has 1 rings (SSSR count). The van der Waals surface area contributed by atoms with Gasteiger partial charge in [-0.2, -0.15) is 0 Å². The molecule has 0 bridgehead atoms. The van der Waals surface area contributed by atoms with Crippen molar-refractivity contribution in [1.29, 1.82) is 0 Å². The van der Waals surface area contributed by atoms with Gasteiger partial charge in [-0.3, -0.25) is 4.79 Å². The highest BCUT2D eigenvalue weighted by atomic mass is 127. The van der Waals surface area contributed by atoms with Crippen LogP contribution < -0.4 is 0 Å². The summed E-state index contributed by atoms with van der Waals surface area (Å²) in [5.41, 5.74) is 0. The first-order valence-electron chi connectivity index (χ1n) is 4.61. The second-order valence-electron chi connectivity index (χ2n) is 3.34. The molecule has 0 spiro atoms. The third-order valence-corrected chi connectivity index (χ3v) is 3.62. The van der Waals surface area contributed by atoms with Gasteiger partial charge in [0.25, 0.3) is 0 Å². The minimum atomic E-state index is 0.335. The number of carbonyl (C=O) groups excluding carboxylic acids is 1. The first-order valence-corrected chi connectivity index (χ1v) is 5.69. The molecular formula is C10H15IO. The smallest absolute Gasteiger partial charge is 0.171 e. The summed E-state index contributed by atoms with van der Waals surface area (Å²) in [6, 6.07) is 0. The Bertz CT molecular complexity index is 190. The lowest BCUT2D eigenvalue weighted by Gasteiger charge is -2.19. The first-order chi connectivity index (χ1) is 5.75. The van der Waals surface area contributed by atoms with E-state index >= 15 is 0 Å². The summed E-state index contributed by atoms with van der Waals surface area (Å²) < 4.78 is 0.916. The van der Waals surface area contributed by atoms with E-state index < -0.39 is 0 Å². The maximum Gasteiger partial charge on any atom is 0.171 e. The van der Waals surface area contributed by atoms with Gasteiger partial charge < -0.3 is 0 Å². The fourth-order valence-corrected chi connectivity index (χ4v) is 2.14. The van der Waals surface area contributed by atoms with Crippen LogP contribution in [0.15, 0.2) is 9.66 Å². The molecule has 1 fully saturated rings. The number of Topliss-reactive ketones (excluding diaryl/α,β-unsaturated/α-hetero) is 1. The van der Waals surface area contributed by atoms with Crippen molar-refractivity contribution in [2.75, 3.05) is 0 Å². The molecule has 12 heavy (non-hydrogen) atoms. The van der Waals surface area contributed by atoms with E-state index in [1.165, 1.54) is 19.3 Å². The monoisotopic (exact) mass is 278 g/mol. The average molecular weight is 278 g/mol. The van der Waals surface area contributed by atoms with Crippen LogP contribution >= 0.6 is 22.6 Å². The van der Waals surface area contributed by atoms with E-state index in [0.717, 1.165) is 16.4 Å². The van der Waals surface area contributed by atoms with Crippen LogP contribution in [0.4, 0.5) is 0 Å². The molecule has 0 aromatic heterocycles. The molecule has 0 amide bonds. The molecule has 0 saturated heterocycles. The number of halogens is 1. The molecule has 0 aromatic carbocycles. The molecular weight excluding hydrogens is 263 g/mol. The molecule has 1 aliphatic rings. The summed E-state index contributed by atoms with van der Waals surface area (Å²) in [4.78, 5) is 11.7. The fraction of sp³-hybridized carbons (Fsp3) is 0.700. The van der Waals surface area contributed by atoms with Gasteiger partial charge in [-0.25, -0.2) is 0 Å². The Morgan fingerprint density at radius 1 is 1.33 bits per heavy atom. The molecule has 1 saturated carbocycles. The molecule has 0 aromatic rings. The van der Waals surface area contributed by atoms with Crippen molar-refractivity contribution in [1.82, 2.24) is 0 Å². The molecule has 68 valence electrons. The van der Waals surface area contributed by atoms with E-state index in [2.05, 4.69) is 22.6 Å². The number of ketones is 1. The third-order valence-electron chi connectivity index (χ3n) is 2.46. The lowest BCUT2D eigenvalue weighted by atomic mass is 9.86. The summed E-state index contributed by atoms with van der Waals surface area (Å²) in [5, 5.41) is 0. The van der Waals surface area contributed by atoms with Crippen LogP contribution in [0.5, 0.6) is 0 Å². The zero-order valence-electron chi connectivity index (χ0n) is 7.48. The quantitative estimate of drug-likeness (QED) is 0.558. The number of rotatable bonds is 2. The van der Waals surface area contributed by atoms with E-state index in [9.17, 15) is 4.79 Å². The van der Waals surface area contributed by atoms with E-state index in [-0.39, 0.29) is 0 Å². The van der Waals surface area contributed by atoms with Crippen molar-refractivity contribution in [3.8, 4) is 0 Å². The van der Waals surface area contributed by atoms with Gasteiger partial charge in [0.1, 0.15) is 0 Å². The zero-order valence-corrected chi connectivity index (χ0v) is 9.63. The van der Waals surface area contributed by atoms with Crippen molar-refractivity contribution >= 4 is 28.4 Å². The van der Waals surface area contributed by atoms with Crippen molar-refractivity contribution in [2.24, 2.45) is 5.92 Å². The topological polar surface area (TPSA) is 17.1 Å². The molecule has 1 aliphatic carbocycles. The minimum absolute atomic E-state index is 0.335. The van der Waals surface area contributed by atoms with Gasteiger partial charge >= 0.3 is 0 Å². The van der Waals surface area contributed by atoms with Crippen LogP contribution in [0.3, 0.4) is 0 Å². The maximum atomic E-state index is 11.7. The normalized spacial score (nSPS) is 21.0. The molecule has 0 N–H and O–H groups in total. The summed E-state index contributed by atoms with van der Waals surface area (Å²) in [6.45, 7) is 1.93. The van der Waals surface area contributed by atoms with Gasteiger partial charge in [-0.15, -0.1) is 0 Å². The molecule has 0 radical (unpaired) electrons. The first kappa shape index (κ1) is 10.2. The van der Waals surface area contributed by atoms with E-state index in [0.29, 0.717) is 11.7 Å². The number of allylic oxidation sites excluding steroid dienone is 2. The van der Waals surface area contributed by atoms with Gasteiger partial charge in [0.15, 0.2) is 5.78 Å². The third kappa shape index (κ3) is 2.57. The number of hydrogen-bond acceptors (Lipinski definition) is 1. The Labute approximate surface area is 87.8 Å². The summed E-state index contributed by atoms with van der Waals surface area (Å²) in [7, 11) is 0. The Morgan fingerprint density at radius 3 is 2.42 bits per heavy atom. The van der Waals surface area contributed by atoms with Gasteiger partial charge in [0.2, 0.25) is 0 Å². The van der Waals surface area contributed by atoms with Gasteiger partial charge in [0, 0.05) is 5.92 Å². The minimum Gasteiger partial charge on any atom is -0.293 e. The number of carbonyl (C=O) groups is 1. The highest BCUT2D eigenvalue weighted by molar-refractivity contribution is 14.1. The maximum absolute atomic E-state index is 11.7. The van der Waals surface area contributed by atoms with Crippen molar-refractivity contribution in [3.05, 3.63) is 9.66 Å². The second kappa shape index (κ2) is 5.00. The predicted octanol–water partition coefficient (Wildman–Crippen LogP) is 3.47. The lowest BCUT2D eigenvalue weighted by molar-refractivity contribution is -0.119. The van der Waals surface area contributed by atoms with Gasteiger partial charge in [-0.1, -0.05) is 25.3 Å². The zero-order chi connectivity index (χ0) is 8.97. The van der Waals surface area contributed by atoms with Crippen LogP contribution in [-0.4, -0.2) is 5.78 Å². The SMILES string of the molecule is CC=C(I)C(=O)C1CCCCC1. The van der Waals surface area contributed by atoms with Crippen molar-refractivity contribution in [2.45, 2.75) is 39.0 Å². The summed E-state index contributed by atoms with van der Waals surface area (Å²) >= 11 is 2.15. The van der Waals surface area contributed by atoms with E-state index in [1.807, 2.05) is 13.0 Å². The molecule has 1 nitrogen and oxygen atoms in total. The molecule has 0 heterocycles. The van der Waals surface area contributed by atoms with Gasteiger partial charge in [0.05, 0.1) is 3.58 Å². The molecule has 0 aliphatic heterocycles. The Balaban J connectivity index is 2.51. The Morgan fingerprint density at radius 2 is 1.92 bits per heavy atom. The number of hydrogen-bond donors (Lipinski definition) is 0. The molecule has 2 heteroatoms. The largest absolute Gasteiger partial charge is 0.293 e. The van der Waals surface area contributed by atoms with E-state index in [1.54, 1.807) is 0 Å². The average Bonchev–Trinajstić information content (AvgIpc) is 2.17. The highest BCUT2D eigenvalue weighted by Crippen LogP contribution is 2.28. The Kier molecular flexibility index (Phi) is 4.26. The van der Waals surface area contributed by atoms with Crippen LogP contribution in [-0.2, 0) is 4.79 Å². The fourth-order valence-electron chi connectivity index (χ4n) is 1.70. The lowest BCUT2D eigenvalue weighted by Crippen LogP contribution is -2.17. The Hall–Kier alpha value is 0.140. The molecule has 0 unspecified atom stereocenters. The van der Waals surface area contributed by atoms with Gasteiger partial charge in [-0.05, 0) is 42.4 Å². The van der Waals surface area contributed by atoms with Crippen molar-refractivity contribution < 1.29 is 4.79 Å². The van der Waals surface area contributed by atoms with Crippen LogP contribution in [0.25, 0.3) is 0 Å². The predicted molar refractivity (Wildman–Crippen MR) is 59.4 cm³/mol. The van der Waals surface area contributed by atoms with E-state index in [4.69, 9.17) is 0 Å². The van der Waals surface area contributed by atoms with Crippen LogP contribution in [0.1, 0.15) is 39.0 Å². The standard InChI is InChI=1S/C10H15IO/c1-2-9(11)10(12)8-6-4-3-5-7-8/h2,8H,3-7H2,1H3. The second-order valence-corrected chi connectivity index (χ2v) is 4.50. The van der Waals surface area contributed by atoms with Crippen LogP contribution in [0.2, 0.25) is 0 Å². The highest BCUT2D eigenvalue weighted by Gasteiger charge is 2.21. The molecule has 0 atom stereocenters. The van der Waals surface area contributed by atoms with Crippen LogP contribution in [0, 0.1) is 5.92 Å². The summed E-state index contributed by atoms with van der Waals surface area (Å²) in [5.74, 6) is 0.708.